The fraction of sp³-hybridized carbons (Fsp3) is 1.00. The molecule has 0 fully saturated rings. The van der Waals surface area contributed by atoms with Crippen molar-refractivity contribution in [3.8, 4) is 0 Å². The topological polar surface area (TPSA) is 27.7 Å². The van der Waals surface area contributed by atoms with E-state index in [-0.39, 0.29) is 0 Å². The molecule has 0 saturated carbocycles. The summed E-state index contributed by atoms with van der Waals surface area (Å²) in [7, 11) is 0.580. The van der Waals surface area contributed by atoms with Gasteiger partial charge < -0.3 is 13.9 Å². The highest BCUT2D eigenvalue weighted by Gasteiger charge is 2.29. The fourth-order valence-electron chi connectivity index (χ4n) is 0.961. The SMILES string of the molecule is CCOC(CCCl)(O[SiH3])OCC. The number of rotatable bonds is 7. The van der Waals surface area contributed by atoms with Gasteiger partial charge in [-0.2, -0.15) is 0 Å². The van der Waals surface area contributed by atoms with Crippen LogP contribution in [0.2, 0.25) is 0 Å². The van der Waals surface area contributed by atoms with Crippen molar-refractivity contribution in [2.24, 2.45) is 0 Å². The highest BCUT2D eigenvalue weighted by atomic mass is 35.5. The van der Waals surface area contributed by atoms with Crippen LogP contribution >= 0.6 is 11.6 Å². The first-order valence-electron chi connectivity index (χ1n) is 4.13. The molecule has 0 aromatic rings. The van der Waals surface area contributed by atoms with Gasteiger partial charge in [-0.3, -0.25) is 0 Å². The highest BCUT2D eigenvalue weighted by Crippen LogP contribution is 2.19. The molecule has 5 heteroatoms. The summed E-state index contributed by atoms with van der Waals surface area (Å²) in [6, 6.07) is 0. The zero-order chi connectivity index (χ0) is 9.45. The maximum Gasteiger partial charge on any atom is 0.273 e. The summed E-state index contributed by atoms with van der Waals surface area (Å²) in [4.78, 5) is 0. The summed E-state index contributed by atoms with van der Waals surface area (Å²) in [5, 5.41) is 0. The molecule has 0 aliphatic rings. The molecule has 0 unspecified atom stereocenters. The van der Waals surface area contributed by atoms with Crippen LogP contribution in [-0.2, 0) is 13.9 Å². The lowest BCUT2D eigenvalue weighted by molar-refractivity contribution is -0.341. The van der Waals surface area contributed by atoms with Crippen LogP contribution in [0.3, 0.4) is 0 Å². The van der Waals surface area contributed by atoms with E-state index in [1.807, 2.05) is 13.8 Å². The normalized spacial score (nSPS) is 12.2. The van der Waals surface area contributed by atoms with Crippen molar-refractivity contribution in [2.75, 3.05) is 19.1 Å². The zero-order valence-corrected chi connectivity index (χ0v) is 10.7. The lowest BCUT2D eigenvalue weighted by Crippen LogP contribution is -2.39. The maximum absolute atomic E-state index is 5.61. The molecule has 0 aromatic carbocycles. The number of alkyl halides is 1. The summed E-state index contributed by atoms with van der Waals surface area (Å²) < 4.78 is 16.0. The average Bonchev–Trinajstić information content (AvgIpc) is 2.06. The quantitative estimate of drug-likeness (QED) is 0.352. The zero-order valence-electron chi connectivity index (χ0n) is 7.93. The van der Waals surface area contributed by atoms with E-state index < -0.39 is 5.97 Å². The van der Waals surface area contributed by atoms with Crippen LogP contribution in [0.1, 0.15) is 20.3 Å². The molecule has 0 atom stereocenters. The summed E-state index contributed by atoms with van der Waals surface area (Å²) in [6.45, 7) is 4.95. The lowest BCUT2D eigenvalue weighted by atomic mass is 10.4. The molecule has 0 aliphatic heterocycles. The Hall–Kier alpha value is 0.387. The van der Waals surface area contributed by atoms with Crippen LogP contribution in [0.5, 0.6) is 0 Å². The molecule has 0 rings (SSSR count). The van der Waals surface area contributed by atoms with Gasteiger partial charge in [0.05, 0.1) is 0 Å². The average molecular weight is 213 g/mol. The van der Waals surface area contributed by atoms with Gasteiger partial charge >= 0.3 is 0 Å². The van der Waals surface area contributed by atoms with Crippen LogP contribution in [-0.4, -0.2) is 35.6 Å². The van der Waals surface area contributed by atoms with E-state index in [1.54, 1.807) is 0 Å². The van der Waals surface area contributed by atoms with E-state index in [4.69, 9.17) is 25.5 Å². The number of ether oxygens (including phenoxy) is 2. The lowest BCUT2D eigenvalue weighted by Gasteiger charge is -2.31. The minimum Gasteiger partial charge on any atom is -0.380 e. The van der Waals surface area contributed by atoms with Gasteiger partial charge in [0.2, 0.25) is 0 Å². The molecule has 0 radical (unpaired) electrons. The maximum atomic E-state index is 5.61. The van der Waals surface area contributed by atoms with E-state index in [0.29, 0.717) is 36.0 Å². The second-order valence-electron chi connectivity index (χ2n) is 2.19. The molecule has 0 bridgehead atoms. The third-order valence-electron chi connectivity index (χ3n) is 1.44. The molecule has 74 valence electrons. The van der Waals surface area contributed by atoms with E-state index in [2.05, 4.69) is 0 Å². The number of hydrogen-bond acceptors (Lipinski definition) is 3. The smallest absolute Gasteiger partial charge is 0.273 e. The molecule has 0 aromatic heterocycles. The van der Waals surface area contributed by atoms with E-state index in [0.717, 1.165) is 0 Å². The van der Waals surface area contributed by atoms with Gasteiger partial charge in [0.1, 0.15) is 0 Å². The Morgan fingerprint density at radius 2 is 1.75 bits per heavy atom. The summed E-state index contributed by atoms with van der Waals surface area (Å²) in [5.74, 6) is -0.403. The van der Waals surface area contributed by atoms with Gasteiger partial charge in [-0.05, 0) is 13.8 Å². The third kappa shape index (κ3) is 3.87. The fourth-order valence-corrected chi connectivity index (χ4v) is 1.63. The Morgan fingerprint density at radius 3 is 2.00 bits per heavy atom. The van der Waals surface area contributed by atoms with Crippen molar-refractivity contribution in [1.29, 1.82) is 0 Å². The second-order valence-corrected chi connectivity index (χ2v) is 2.98. The molecule has 0 heterocycles. The predicted molar refractivity (Wildman–Crippen MR) is 52.3 cm³/mol. The largest absolute Gasteiger partial charge is 0.380 e. The van der Waals surface area contributed by atoms with Crippen LogP contribution in [0, 0.1) is 0 Å². The number of hydrogen-bond donors (Lipinski definition) is 0. The van der Waals surface area contributed by atoms with Gasteiger partial charge in [-0.1, -0.05) is 0 Å². The minimum absolute atomic E-state index is 0.474. The van der Waals surface area contributed by atoms with Crippen molar-refractivity contribution in [3.05, 3.63) is 0 Å². The first kappa shape index (κ1) is 12.4. The molecular weight excluding hydrogens is 196 g/mol. The van der Waals surface area contributed by atoms with Crippen LogP contribution < -0.4 is 0 Å². The second kappa shape index (κ2) is 6.86. The molecule has 12 heavy (non-hydrogen) atoms. The minimum atomic E-state index is -0.878. The van der Waals surface area contributed by atoms with Crippen molar-refractivity contribution in [2.45, 2.75) is 26.2 Å². The van der Waals surface area contributed by atoms with Gasteiger partial charge in [0.25, 0.3) is 5.97 Å². The monoisotopic (exact) mass is 212 g/mol. The van der Waals surface area contributed by atoms with Gasteiger partial charge in [-0.25, -0.2) is 0 Å². The van der Waals surface area contributed by atoms with Crippen molar-refractivity contribution < 1.29 is 13.9 Å². The van der Waals surface area contributed by atoms with Gasteiger partial charge in [0.15, 0.2) is 10.5 Å². The van der Waals surface area contributed by atoms with E-state index in [1.165, 1.54) is 0 Å². The molecule has 3 nitrogen and oxygen atoms in total. The van der Waals surface area contributed by atoms with E-state index >= 15 is 0 Å². The Morgan fingerprint density at radius 1 is 1.25 bits per heavy atom. The summed E-state index contributed by atoms with van der Waals surface area (Å²) in [5.41, 5.74) is 0. The van der Waals surface area contributed by atoms with Crippen molar-refractivity contribution in [3.63, 3.8) is 0 Å². The number of halogens is 1. The van der Waals surface area contributed by atoms with Crippen LogP contribution in [0.4, 0.5) is 0 Å². The van der Waals surface area contributed by atoms with Gasteiger partial charge in [-0.15, -0.1) is 11.6 Å². The standard InChI is InChI=1S/C7H17ClO3Si/c1-3-9-7(11-12,5-6-8)10-4-2/h3-6H2,1-2,12H3. The summed E-state index contributed by atoms with van der Waals surface area (Å²) >= 11 is 5.61. The Balaban J connectivity index is 4.06. The first-order valence-corrected chi connectivity index (χ1v) is 5.48. The first-order chi connectivity index (χ1) is 5.74. The molecular formula is C7H17ClO3Si. The Kier molecular flexibility index (Phi) is 7.08. The van der Waals surface area contributed by atoms with Gasteiger partial charge in [0, 0.05) is 25.5 Å². The molecule has 0 spiro atoms. The van der Waals surface area contributed by atoms with Crippen LogP contribution in [0.25, 0.3) is 0 Å². The molecule has 0 amide bonds. The molecule has 0 N–H and O–H groups in total. The highest BCUT2D eigenvalue weighted by molar-refractivity contribution is 6.17. The van der Waals surface area contributed by atoms with Crippen LogP contribution in [0.15, 0.2) is 0 Å². The molecule has 0 aliphatic carbocycles. The Bertz CT molecular complexity index is 95.8. The van der Waals surface area contributed by atoms with Crippen molar-refractivity contribution in [1.82, 2.24) is 0 Å². The summed E-state index contributed by atoms with van der Waals surface area (Å²) in [6.07, 6.45) is 0.569. The Labute approximate surface area is 81.9 Å². The molecule has 0 saturated heterocycles. The van der Waals surface area contributed by atoms with Crippen molar-refractivity contribution >= 4 is 22.1 Å². The third-order valence-corrected chi connectivity index (χ3v) is 2.25. The predicted octanol–water partition coefficient (Wildman–Crippen LogP) is 0.639. The van der Waals surface area contributed by atoms with E-state index in [9.17, 15) is 0 Å².